The van der Waals surface area contributed by atoms with Crippen molar-refractivity contribution in [3.8, 4) is 11.5 Å². The topological polar surface area (TPSA) is 90.7 Å². The highest BCUT2D eigenvalue weighted by Gasteiger charge is 2.30. The zero-order chi connectivity index (χ0) is 18.6. The Labute approximate surface area is 147 Å². The van der Waals surface area contributed by atoms with Gasteiger partial charge in [-0.1, -0.05) is 26.7 Å². The van der Waals surface area contributed by atoms with Crippen molar-refractivity contribution in [1.82, 2.24) is 5.32 Å². The Kier molecular flexibility index (Phi) is 6.22. The number of amides is 1. The summed E-state index contributed by atoms with van der Waals surface area (Å²) in [4.78, 5) is 22.9. The zero-order valence-electron chi connectivity index (χ0n) is 15.2. The number of methoxy groups -OCH3 is 1. The largest absolute Gasteiger partial charge is 0.493 e. The molecule has 1 aliphatic rings. The molecule has 0 aromatic heterocycles. The van der Waals surface area contributed by atoms with Gasteiger partial charge in [-0.15, -0.1) is 0 Å². The van der Waals surface area contributed by atoms with Gasteiger partial charge < -0.3 is 14.8 Å². The molecule has 1 aromatic rings. The van der Waals surface area contributed by atoms with Gasteiger partial charge in [-0.3, -0.25) is 14.9 Å². The highest BCUT2D eigenvalue weighted by atomic mass is 16.6. The van der Waals surface area contributed by atoms with Crippen LogP contribution in [0.15, 0.2) is 18.2 Å². The molecule has 0 unspecified atom stereocenters. The van der Waals surface area contributed by atoms with E-state index in [2.05, 4.69) is 19.2 Å². The Morgan fingerprint density at radius 3 is 2.68 bits per heavy atom. The van der Waals surface area contributed by atoms with Crippen LogP contribution in [-0.4, -0.2) is 30.1 Å². The highest BCUT2D eigenvalue weighted by Crippen LogP contribution is 2.32. The van der Waals surface area contributed by atoms with Gasteiger partial charge in [-0.2, -0.15) is 0 Å². The van der Waals surface area contributed by atoms with Crippen molar-refractivity contribution in [1.29, 1.82) is 0 Å². The lowest BCUT2D eigenvalue weighted by atomic mass is 9.78. The summed E-state index contributed by atoms with van der Waals surface area (Å²) < 4.78 is 10.8. The minimum Gasteiger partial charge on any atom is -0.493 e. The first kappa shape index (κ1) is 19.0. The standard InChI is InChI=1S/C18H26N2O5/c1-11-6-5-7-15(12(11)2)19-18(21)13(3)25-17-10-14(20(22)23)8-9-16(17)24-4/h8-13,15H,5-7H2,1-4H3,(H,19,21)/t11-,12-,13-,15-/m1/s1. The Bertz CT molecular complexity index is 634. The number of carbonyl (C=O) groups excluding carboxylic acids is 1. The third-order valence-corrected chi connectivity index (χ3v) is 5.07. The summed E-state index contributed by atoms with van der Waals surface area (Å²) in [5, 5.41) is 14.0. The maximum absolute atomic E-state index is 12.5. The molecule has 0 aliphatic heterocycles. The molecule has 25 heavy (non-hydrogen) atoms. The zero-order valence-corrected chi connectivity index (χ0v) is 15.2. The molecule has 1 amide bonds. The molecule has 2 rings (SSSR count). The first-order valence-electron chi connectivity index (χ1n) is 8.63. The maximum Gasteiger partial charge on any atom is 0.273 e. The van der Waals surface area contributed by atoms with Crippen molar-refractivity contribution in [3.63, 3.8) is 0 Å². The quantitative estimate of drug-likeness (QED) is 0.628. The number of rotatable bonds is 6. The molecule has 0 heterocycles. The van der Waals surface area contributed by atoms with Gasteiger partial charge in [0.25, 0.3) is 11.6 Å². The van der Waals surface area contributed by atoms with Crippen LogP contribution in [0.1, 0.15) is 40.0 Å². The summed E-state index contributed by atoms with van der Waals surface area (Å²) in [7, 11) is 1.45. The Hall–Kier alpha value is -2.31. The first-order valence-corrected chi connectivity index (χ1v) is 8.63. The predicted octanol–water partition coefficient (Wildman–Crippen LogP) is 3.31. The summed E-state index contributed by atoms with van der Waals surface area (Å²) in [6.45, 7) is 5.99. The smallest absolute Gasteiger partial charge is 0.273 e. The average molecular weight is 350 g/mol. The van der Waals surface area contributed by atoms with Crippen LogP contribution in [0.2, 0.25) is 0 Å². The van der Waals surface area contributed by atoms with Crippen molar-refractivity contribution in [2.24, 2.45) is 11.8 Å². The Balaban J connectivity index is 2.05. The number of hydrogen-bond acceptors (Lipinski definition) is 5. The fourth-order valence-corrected chi connectivity index (χ4v) is 3.20. The van der Waals surface area contributed by atoms with Crippen molar-refractivity contribution in [3.05, 3.63) is 28.3 Å². The molecule has 0 saturated heterocycles. The van der Waals surface area contributed by atoms with Crippen LogP contribution in [0.25, 0.3) is 0 Å². The summed E-state index contributed by atoms with van der Waals surface area (Å²) >= 11 is 0. The number of nitro groups is 1. The molecule has 7 nitrogen and oxygen atoms in total. The molecule has 0 spiro atoms. The van der Waals surface area contributed by atoms with E-state index in [0.717, 1.165) is 12.8 Å². The fraction of sp³-hybridized carbons (Fsp3) is 0.611. The fourth-order valence-electron chi connectivity index (χ4n) is 3.20. The number of nitrogens with one attached hydrogen (secondary N) is 1. The Morgan fingerprint density at radius 1 is 1.32 bits per heavy atom. The minimum atomic E-state index is -0.777. The van der Waals surface area contributed by atoms with Gasteiger partial charge in [-0.05, 0) is 31.2 Å². The van der Waals surface area contributed by atoms with Crippen LogP contribution in [-0.2, 0) is 4.79 Å². The van der Waals surface area contributed by atoms with E-state index >= 15 is 0 Å². The van der Waals surface area contributed by atoms with E-state index in [1.165, 1.54) is 31.7 Å². The van der Waals surface area contributed by atoms with E-state index in [0.29, 0.717) is 17.6 Å². The van der Waals surface area contributed by atoms with E-state index < -0.39 is 11.0 Å². The summed E-state index contributed by atoms with van der Waals surface area (Å²) in [5.74, 6) is 1.30. The lowest BCUT2D eigenvalue weighted by Gasteiger charge is -2.35. The molecule has 1 aliphatic carbocycles. The van der Waals surface area contributed by atoms with Crippen LogP contribution in [0.4, 0.5) is 5.69 Å². The Morgan fingerprint density at radius 2 is 2.04 bits per heavy atom. The normalized spacial score (nSPS) is 24.2. The molecule has 0 radical (unpaired) electrons. The number of ether oxygens (including phenoxy) is 2. The van der Waals surface area contributed by atoms with Gasteiger partial charge >= 0.3 is 0 Å². The number of nitro benzene ring substituents is 1. The van der Waals surface area contributed by atoms with Crippen LogP contribution in [0.3, 0.4) is 0 Å². The molecule has 7 heteroatoms. The third-order valence-electron chi connectivity index (χ3n) is 5.07. The lowest BCUT2D eigenvalue weighted by molar-refractivity contribution is -0.385. The molecular formula is C18H26N2O5. The number of non-ortho nitro benzene ring substituents is 1. The molecule has 4 atom stereocenters. The van der Waals surface area contributed by atoms with Crippen molar-refractivity contribution in [2.45, 2.75) is 52.2 Å². The number of nitrogens with zero attached hydrogens (tertiary/aromatic N) is 1. The molecule has 1 N–H and O–H groups in total. The highest BCUT2D eigenvalue weighted by molar-refractivity contribution is 5.81. The van der Waals surface area contributed by atoms with Crippen molar-refractivity contribution >= 4 is 11.6 Å². The van der Waals surface area contributed by atoms with Crippen LogP contribution in [0.5, 0.6) is 11.5 Å². The molecule has 1 aromatic carbocycles. The van der Waals surface area contributed by atoms with Gasteiger partial charge in [0.1, 0.15) is 0 Å². The van der Waals surface area contributed by atoms with E-state index in [4.69, 9.17) is 9.47 Å². The lowest BCUT2D eigenvalue weighted by Crippen LogP contribution is -2.48. The van der Waals surface area contributed by atoms with E-state index in [-0.39, 0.29) is 23.4 Å². The van der Waals surface area contributed by atoms with E-state index in [9.17, 15) is 14.9 Å². The molecule has 138 valence electrons. The summed E-state index contributed by atoms with van der Waals surface area (Å²) in [6.07, 6.45) is 2.47. The molecular weight excluding hydrogens is 324 g/mol. The minimum absolute atomic E-state index is 0.113. The number of hydrogen-bond donors (Lipinski definition) is 1. The average Bonchev–Trinajstić information content (AvgIpc) is 2.58. The van der Waals surface area contributed by atoms with E-state index in [1.807, 2.05) is 0 Å². The second-order valence-corrected chi connectivity index (χ2v) is 6.73. The monoisotopic (exact) mass is 350 g/mol. The summed E-state index contributed by atoms with van der Waals surface area (Å²) in [5.41, 5.74) is -0.113. The van der Waals surface area contributed by atoms with E-state index in [1.54, 1.807) is 6.92 Å². The van der Waals surface area contributed by atoms with Gasteiger partial charge in [-0.25, -0.2) is 0 Å². The molecule has 0 bridgehead atoms. The molecule has 1 saturated carbocycles. The predicted molar refractivity (Wildman–Crippen MR) is 93.8 cm³/mol. The van der Waals surface area contributed by atoms with Gasteiger partial charge in [0.05, 0.1) is 18.1 Å². The van der Waals surface area contributed by atoms with Crippen molar-refractivity contribution in [2.75, 3.05) is 7.11 Å². The second-order valence-electron chi connectivity index (χ2n) is 6.73. The second kappa shape index (κ2) is 8.18. The van der Waals surface area contributed by atoms with Crippen LogP contribution >= 0.6 is 0 Å². The third kappa shape index (κ3) is 4.61. The molecule has 1 fully saturated rings. The van der Waals surface area contributed by atoms with Gasteiger partial charge in [0.2, 0.25) is 0 Å². The van der Waals surface area contributed by atoms with Crippen LogP contribution in [0, 0.1) is 22.0 Å². The van der Waals surface area contributed by atoms with Gasteiger partial charge in [0, 0.05) is 12.1 Å². The number of carbonyl (C=O) groups is 1. The SMILES string of the molecule is COc1ccc([N+](=O)[O-])cc1O[C@H](C)C(=O)N[C@@H]1CCC[C@@H](C)[C@H]1C. The van der Waals surface area contributed by atoms with Crippen molar-refractivity contribution < 1.29 is 19.2 Å². The number of benzene rings is 1. The maximum atomic E-state index is 12.5. The van der Waals surface area contributed by atoms with Crippen LogP contribution < -0.4 is 14.8 Å². The first-order chi connectivity index (χ1) is 11.8. The van der Waals surface area contributed by atoms with Gasteiger partial charge in [0.15, 0.2) is 17.6 Å². The summed E-state index contributed by atoms with van der Waals surface area (Å²) in [6, 6.07) is 4.20.